The molecule has 0 spiro atoms. The monoisotopic (exact) mass is 461 g/mol. The third kappa shape index (κ3) is 5.37. The number of carbonyl (C=O) groups is 1. The number of para-hydroxylation sites is 1. The number of rotatable bonds is 7. The van der Waals surface area contributed by atoms with Crippen LogP contribution in [0.25, 0.3) is 11.3 Å². The molecule has 1 atom stereocenters. The maximum atomic E-state index is 12.8. The minimum absolute atomic E-state index is 0.0957. The van der Waals surface area contributed by atoms with E-state index in [4.69, 9.17) is 4.74 Å². The van der Waals surface area contributed by atoms with E-state index in [0.29, 0.717) is 43.8 Å². The highest BCUT2D eigenvalue weighted by Crippen LogP contribution is 2.28. The number of benzene rings is 2. The van der Waals surface area contributed by atoms with Crippen molar-refractivity contribution in [3.05, 3.63) is 82.9 Å². The summed E-state index contributed by atoms with van der Waals surface area (Å²) in [5.74, 6) is 0.878. The van der Waals surface area contributed by atoms with Crippen LogP contribution in [0.3, 0.4) is 0 Å². The van der Waals surface area contributed by atoms with Crippen LogP contribution in [0.5, 0.6) is 5.75 Å². The summed E-state index contributed by atoms with van der Waals surface area (Å²) >= 11 is 0. The molecule has 0 bridgehead atoms. The molecule has 0 radical (unpaired) electrons. The van der Waals surface area contributed by atoms with Crippen LogP contribution in [0.4, 0.5) is 0 Å². The third-order valence-electron chi connectivity index (χ3n) is 6.62. The highest BCUT2D eigenvalue weighted by molar-refractivity contribution is 5.77. The Kier molecular flexibility index (Phi) is 7.12. The summed E-state index contributed by atoms with van der Waals surface area (Å²) in [6.45, 7) is 3.14. The van der Waals surface area contributed by atoms with Crippen molar-refractivity contribution < 1.29 is 14.6 Å². The minimum atomic E-state index is -1.06. The van der Waals surface area contributed by atoms with E-state index in [0.717, 1.165) is 11.1 Å². The number of likely N-dealkylation sites (tertiary alicyclic amines) is 1. The molecule has 1 unspecified atom stereocenters. The maximum Gasteiger partial charge on any atom is 0.253 e. The number of amides is 1. The molecule has 0 aliphatic carbocycles. The van der Waals surface area contributed by atoms with Crippen molar-refractivity contribution in [3.63, 3.8) is 0 Å². The summed E-state index contributed by atoms with van der Waals surface area (Å²) in [4.78, 5) is 31.8. The highest BCUT2D eigenvalue weighted by atomic mass is 16.5. The molecular weight excluding hydrogens is 430 g/mol. The van der Waals surface area contributed by atoms with Crippen LogP contribution < -0.4 is 10.3 Å². The van der Waals surface area contributed by atoms with E-state index in [2.05, 4.69) is 11.9 Å². The van der Waals surface area contributed by atoms with E-state index < -0.39 is 5.60 Å². The van der Waals surface area contributed by atoms with Crippen LogP contribution in [0.2, 0.25) is 0 Å². The Morgan fingerprint density at radius 2 is 1.79 bits per heavy atom. The summed E-state index contributed by atoms with van der Waals surface area (Å²) in [6.07, 6.45) is 2.75. The number of nitrogens with zero attached hydrogens (tertiary/aromatic N) is 3. The molecule has 7 nitrogen and oxygen atoms in total. The van der Waals surface area contributed by atoms with Gasteiger partial charge in [0.2, 0.25) is 5.91 Å². The highest BCUT2D eigenvalue weighted by Gasteiger charge is 2.35. The van der Waals surface area contributed by atoms with Crippen molar-refractivity contribution in [3.8, 4) is 17.0 Å². The number of piperidine rings is 1. The van der Waals surface area contributed by atoms with Crippen molar-refractivity contribution in [1.29, 1.82) is 0 Å². The number of aliphatic hydroxyl groups is 1. The fraction of sp³-hybridized carbons (Fsp3) is 0.370. The van der Waals surface area contributed by atoms with Gasteiger partial charge < -0.3 is 14.7 Å². The van der Waals surface area contributed by atoms with Crippen LogP contribution in [0.1, 0.15) is 37.7 Å². The van der Waals surface area contributed by atoms with Crippen LogP contribution in [0.15, 0.2) is 71.8 Å². The average molecular weight is 462 g/mol. The number of aromatic nitrogens is 2. The molecule has 178 valence electrons. The number of methoxy groups -OCH3 is 1. The fourth-order valence-corrected chi connectivity index (χ4v) is 4.49. The van der Waals surface area contributed by atoms with Gasteiger partial charge in [0.1, 0.15) is 5.75 Å². The second-order valence-corrected chi connectivity index (χ2v) is 9.06. The molecule has 1 aliphatic heterocycles. The van der Waals surface area contributed by atoms with E-state index in [1.807, 2.05) is 59.5 Å². The Morgan fingerprint density at radius 3 is 2.47 bits per heavy atom. The van der Waals surface area contributed by atoms with Crippen LogP contribution in [-0.4, -0.2) is 51.3 Å². The van der Waals surface area contributed by atoms with Gasteiger partial charge in [-0.25, -0.2) is 4.98 Å². The predicted molar refractivity (Wildman–Crippen MR) is 131 cm³/mol. The first-order chi connectivity index (χ1) is 16.4. The lowest BCUT2D eigenvalue weighted by molar-refractivity contribution is -0.136. The van der Waals surface area contributed by atoms with Gasteiger partial charge in [-0.15, -0.1) is 0 Å². The Balaban J connectivity index is 1.37. The van der Waals surface area contributed by atoms with Crippen LogP contribution in [0, 0.1) is 0 Å². The molecule has 1 fully saturated rings. The van der Waals surface area contributed by atoms with E-state index in [9.17, 15) is 14.7 Å². The topological polar surface area (TPSA) is 84.7 Å². The molecule has 2 aromatic carbocycles. The summed E-state index contributed by atoms with van der Waals surface area (Å²) in [6, 6.07) is 18.9. The SMILES string of the molecule is COc1ccccc1-c1cc(=O)n(CC2(O)CCN(C(=O)CC(C)c3ccccc3)CC2)cn1. The van der Waals surface area contributed by atoms with E-state index in [-0.39, 0.29) is 23.9 Å². The van der Waals surface area contributed by atoms with E-state index >= 15 is 0 Å². The van der Waals surface area contributed by atoms with Crippen LogP contribution >= 0.6 is 0 Å². The number of carbonyl (C=O) groups excluding carboxylic acids is 1. The molecule has 7 heteroatoms. The number of hydrogen-bond donors (Lipinski definition) is 1. The average Bonchev–Trinajstić information content (AvgIpc) is 2.86. The van der Waals surface area contributed by atoms with Crippen LogP contribution in [-0.2, 0) is 11.3 Å². The van der Waals surface area contributed by atoms with Gasteiger partial charge in [-0.1, -0.05) is 49.4 Å². The zero-order valence-corrected chi connectivity index (χ0v) is 19.7. The lowest BCUT2D eigenvalue weighted by Crippen LogP contribution is -2.49. The van der Waals surface area contributed by atoms with E-state index in [1.165, 1.54) is 17.0 Å². The first kappa shape index (κ1) is 23.7. The molecule has 2 heterocycles. The fourth-order valence-electron chi connectivity index (χ4n) is 4.49. The molecule has 1 amide bonds. The smallest absolute Gasteiger partial charge is 0.253 e. The molecular formula is C27H31N3O4. The Morgan fingerprint density at radius 1 is 1.12 bits per heavy atom. The largest absolute Gasteiger partial charge is 0.496 e. The van der Waals surface area contributed by atoms with Gasteiger partial charge >= 0.3 is 0 Å². The Labute approximate surface area is 199 Å². The molecule has 1 aliphatic rings. The molecule has 3 aromatic rings. The van der Waals surface area contributed by atoms with Crippen molar-refractivity contribution in [2.45, 2.75) is 44.2 Å². The number of hydrogen-bond acceptors (Lipinski definition) is 5. The van der Waals surface area contributed by atoms with Gasteiger partial charge in [0.25, 0.3) is 5.56 Å². The van der Waals surface area contributed by atoms with Gasteiger partial charge in [0.15, 0.2) is 0 Å². The zero-order chi connectivity index (χ0) is 24.1. The molecule has 1 N–H and O–H groups in total. The number of ether oxygens (including phenoxy) is 1. The van der Waals surface area contributed by atoms with Crippen molar-refractivity contribution in [1.82, 2.24) is 14.5 Å². The van der Waals surface area contributed by atoms with Gasteiger partial charge in [-0.3, -0.25) is 14.2 Å². The molecule has 0 saturated carbocycles. The molecule has 1 aromatic heterocycles. The van der Waals surface area contributed by atoms with Gasteiger partial charge in [-0.05, 0) is 36.5 Å². The first-order valence-corrected chi connectivity index (χ1v) is 11.6. The third-order valence-corrected chi connectivity index (χ3v) is 6.62. The Hall–Kier alpha value is -3.45. The van der Waals surface area contributed by atoms with Crippen molar-refractivity contribution in [2.24, 2.45) is 0 Å². The van der Waals surface area contributed by atoms with Crippen molar-refractivity contribution in [2.75, 3.05) is 20.2 Å². The zero-order valence-electron chi connectivity index (χ0n) is 19.7. The quantitative estimate of drug-likeness (QED) is 0.583. The Bertz CT molecular complexity index is 1180. The lowest BCUT2D eigenvalue weighted by Gasteiger charge is -2.38. The molecule has 1 saturated heterocycles. The first-order valence-electron chi connectivity index (χ1n) is 11.6. The minimum Gasteiger partial charge on any atom is -0.496 e. The van der Waals surface area contributed by atoms with Gasteiger partial charge in [0, 0.05) is 31.1 Å². The summed E-state index contributed by atoms with van der Waals surface area (Å²) in [5.41, 5.74) is 1.12. The van der Waals surface area contributed by atoms with E-state index in [1.54, 1.807) is 7.11 Å². The summed E-state index contributed by atoms with van der Waals surface area (Å²) in [7, 11) is 1.58. The summed E-state index contributed by atoms with van der Waals surface area (Å²) in [5, 5.41) is 11.1. The second-order valence-electron chi connectivity index (χ2n) is 9.06. The molecule has 4 rings (SSSR count). The molecule has 34 heavy (non-hydrogen) atoms. The standard InChI is InChI=1S/C27H31N3O4/c1-20(21-8-4-3-5-9-21)16-25(31)29-14-12-27(33,13-15-29)18-30-19-28-23(17-26(30)32)22-10-6-7-11-24(22)34-2/h3-11,17,19-20,33H,12-16,18H2,1-2H3. The second kappa shape index (κ2) is 10.2. The lowest BCUT2D eigenvalue weighted by atomic mass is 9.90. The van der Waals surface area contributed by atoms with Crippen molar-refractivity contribution >= 4 is 5.91 Å². The predicted octanol–water partition coefficient (Wildman–Crippen LogP) is 3.47. The maximum absolute atomic E-state index is 12.8. The van der Waals surface area contributed by atoms with Gasteiger partial charge in [-0.2, -0.15) is 0 Å². The normalized spacial score (nSPS) is 16.1. The summed E-state index contributed by atoms with van der Waals surface area (Å²) < 4.78 is 6.80. The van der Waals surface area contributed by atoms with Gasteiger partial charge in [0.05, 0.1) is 31.3 Å².